The molecule has 2 atom stereocenters. The Morgan fingerprint density at radius 2 is 1.76 bits per heavy atom. The molecular weight excluding hydrogens is 316 g/mol. The van der Waals surface area contributed by atoms with E-state index in [-0.39, 0.29) is 6.01 Å². The fourth-order valence-corrected chi connectivity index (χ4v) is 3.13. The van der Waals surface area contributed by atoms with Crippen molar-refractivity contribution < 1.29 is 9.47 Å². The van der Waals surface area contributed by atoms with Gasteiger partial charge in [0.15, 0.2) is 0 Å². The van der Waals surface area contributed by atoms with E-state index in [9.17, 15) is 0 Å². The molecule has 0 radical (unpaired) electrons. The summed E-state index contributed by atoms with van der Waals surface area (Å²) in [6.45, 7) is 0. The molecule has 0 N–H and O–H groups in total. The van der Waals surface area contributed by atoms with Crippen molar-refractivity contribution in [2.45, 2.75) is 18.3 Å². The molecule has 3 aromatic rings. The van der Waals surface area contributed by atoms with E-state index in [2.05, 4.69) is 44.4 Å². The van der Waals surface area contributed by atoms with Gasteiger partial charge in [-0.25, -0.2) is 4.98 Å². The summed E-state index contributed by atoms with van der Waals surface area (Å²) < 4.78 is 10.4. The van der Waals surface area contributed by atoms with Crippen LogP contribution in [0.1, 0.15) is 29.4 Å². The molecule has 1 saturated carbocycles. The Bertz CT molecular complexity index is 886. The predicted molar refractivity (Wildman–Crippen MR) is 92.7 cm³/mol. The third-order valence-electron chi connectivity index (χ3n) is 4.51. The molecule has 0 saturated heterocycles. The van der Waals surface area contributed by atoms with Gasteiger partial charge in [0.2, 0.25) is 5.88 Å². The van der Waals surface area contributed by atoms with Crippen LogP contribution in [0.3, 0.4) is 0 Å². The molecular formula is C19H18N4O2. The normalized spacial score (nSPS) is 18.6. The van der Waals surface area contributed by atoms with Crippen LogP contribution in [0.4, 0.5) is 0 Å². The van der Waals surface area contributed by atoms with E-state index in [4.69, 9.17) is 9.47 Å². The molecule has 126 valence electrons. The molecule has 6 heteroatoms. The number of ether oxygens (including phenoxy) is 2. The first-order valence-electron chi connectivity index (χ1n) is 8.13. The van der Waals surface area contributed by atoms with Gasteiger partial charge in [-0.3, -0.25) is 0 Å². The largest absolute Gasteiger partial charge is 0.480 e. The summed E-state index contributed by atoms with van der Waals surface area (Å²) in [5.74, 6) is 1.45. The Hall–Kier alpha value is -3.02. The van der Waals surface area contributed by atoms with Crippen molar-refractivity contribution in [2.75, 3.05) is 14.2 Å². The van der Waals surface area contributed by atoms with E-state index in [0.29, 0.717) is 29.0 Å². The third kappa shape index (κ3) is 3.03. The van der Waals surface area contributed by atoms with Gasteiger partial charge in [0, 0.05) is 6.20 Å². The van der Waals surface area contributed by atoms with E-state index in [1.54, 1.807) is 13.3 Å². The Morgan fingerprint density at radius 1 is 0.960 bits per heavy atom. The number of hydrogen-bond donors (Lipinski definition) is 0. The van der Waals surface area contributed by atoms with Crippen LogP contribution in [-0.4, -0.2) is 34.4 Å². The monoisotopic (exact) mass is 334 g/mol. The number of benzene rings is 1. The Balaban J connectivity index is 1.63. The van der Waals surface area contributed by atoms with E-state index in [0.717, 1.165) is 6.42 Å². The summed E-state index contributed by atoms with van der Waals surface area (Å²) in [6, 6.07) is 12.9. The molecule has 1 aromatic carbocycles. The number of aromatic nitrogens is 4. The first-order chi connectivity index (χ1) is 12.3. The average molecular weight is 334 g/mol. The van der Waals surface area contributed by atoms with E-state index >= 15 is 0 Å². The van der Waals surface area contributed by atoms with Crippen LogP contribution in [-0.2, 0) is 0 Å². The van der Waals surface area contributed by atoms with Gasteiger partial charge in [-0.2, -0.15) is 15.2 Å². The lowest BCUT2D eigenvalue weighted by Gasteiger charge is -2.08. The van der Waals surface area contributed by atoms with Crippen LogP contribution in [0.25, 0.3) is 11.3 Å². The second kappa shape index (κ2) is 6.47. The SMILES string of the molecule is COc1ncc(-c2cc([C@H]3C[C@@H]3c3ccccc3)cnn2)c(OC)n1. The molecule has 2 heterocycles. The predicted octanol–water partition coefficient (Wildman–Crippen LogP) is 3.22. The lowest BCUT2D eigenvalue weighted by molar-refractivity contribution is 0.353. The lowest BCUT2D eigenvalue weighted by atomic mass is 10.0. The quantitative estimate of drug-likeness (QED) is 0.713. The van der Waals surface area contributed by atoms with Crippen LogP contribution in [0.2, 0.25) is 0 Å². The van der Waals surface area contributed by atoms with Crippen molar-refractivity contribution in [3.8, 4) is 23.1 Å². The molecule has 0 amide bonds. The van der Waals surface area contributed by atoms with E-state index in [1.807, 2.05) is 18.3 Å². The van der Waals surface area contributed by atoms with Crippen LogP contribution >= 0.6 is 0 Å². The summed E-state index contributed by atoms with van der Waals surface area (Å²) in [6.07, 6.45) is 4.62. The van der Waals surface area contributed by atoms with Crippen LogP contribution in [0.15, 0.2) is 48.8 Å². The summed E-state index contributed by atoms with van der Waals surface area (Å²) in [4.78, 5) is 8.37. The summed E-state index contributed by atoms with van der Waals surface area (Å²) >= 11 is 0. The molecule has 0 spiro atoms. The van der Waals surface area contributed by atoms with Gasteiger partial charge in [0.25, 0.3) is 0 Å². The van der Waals surface area contributed by atoms with Gasteiger partial charge in [-0.05, 0) is 35.4 Å². The number of rotatable bonds is 5. The van der Waals surface area contributed by atoms with Crippen molar-refractivity contribution in [3.63, 3.8) is 0 Å². The Labute approximate surface area is 145 Å². The maximum atomic E-state index is 5.35. The van der Waals surface area contributed by atoms with Gasteiger partial charge in [0.05, 0.1) is 26.0 Å². The smallest absolute Gasteiger partial charge is 0.319 e. The van der Waals surface area contributed by atoms with Gasteiger partial charge >= 0.3 is 6.01 Å². The van der Waals surface area contributed by atoms with Crippen molar-refractivity contribution in [2.24, 2.45) is 0 Å². The second-order valence-electron chi connectivity index (χ2n) is 6.01. The van der Waals surface area contributed by atoms with E-state index < -0.39 is 0 Å². The first kappa shape index (κ1) is 15.5. The zero-order valence-corrected chi connectivity index (χ0v) is 14.1. The zero-order chi connectivity index (χ0) is 17.2. The molecule has 0 unspecified atom stereocenters. The highest BCUT2D eigenvalue weighted by Gasteiger charge is 2.39. The van der Waals surface area contributed by atoms with Crippen molar-refractivity contribution in [1.29, 1.82) is 0 Å². The minimum Gasteiger partial charge on any atom is -0.480 e. The highest BCUT2D eigenvalue weighted by molar-refractivity contribution is 5.64. The number of nitrogens with zero attached hydrogens (tertiary/aromatic N) is 4. The van der Waals surface area contributed by atoms with Crippen molar-refractivity contribution in [3.05, 3.63) is 59.9 Å². The van der Waals surface area contributed by atoms with E-state index in [1.165, 1.54) is 18.2 Å². The lowest BCUT2D eigenvalue weighted by Crippen LogP contribution is -1.99. The summed E-state index contributed by atoms with van der Waals surface area (Å²) in [5.41, 5.74) is 3.96. The molecule has 1 aliphatic rings. The fraction of sp³-hybridized carbons (Fsp3) is 0.263. The van der Waals surface area contributed by atoms with Crippen LogP contribution in [0.5, 0.6) is 11.9 Å². The minimum absolute atomic E-state index is 0.260. The molecule has 0 bridgehead atoms. The molecule has 1 fully saturated rings. The molecule has 6 nitrogen and oxygen atoms in total. The molecule has 4 rings (SSSR count). The number of methoxy groups -OCH3 is 2. The summed E-state index contributed by atoms with van der Waals surface area (Å²) in [7, 11) is 3.08. The molecule has 1 aliphatic carbocycles. The Kier molecular flexibility index (Phi) is 4.01. The first-order valence-corrected chi connectivity index (χ1v) is 8.13. The highest BCUT2D eigenvalue weighted by atomic mass is 16.5. The van der Waals surface area contributed by atoms with Crippen LogP contribution in [0, 0.1) is 0 Å². The van der Waals surface area contributed by atoms with Crippen molar-refractivity contribution in [1.82, 2.24) is 20.2 Å². The highest BCUT2D eigenvalue weighted by Crippen LogP contribution is 2.54. The van der Waals surface area contributed by atoms with Crippen molar-refractivity contribution >= 4 is 0 Å². The number of hydrogen-bond acceptors (Lipinski definition) is 6. The van der Waals surface area contributed by atoms with Gasteiger partial charge in [0.1, 0.15) is 5.69 Å². The second-order valence-corrected chi connectivity index (χ2v) is 6.01. The molecule has 25 heavy (non-hydrogen) atoms. The standard InChI is InChI=1S/C19H18N4O2/c1-24-18-16(11-20-19(22-18)25-2)17-8-13(10-21-23-17)15-9-14(15)12-6-4-3-5-7-12/h3-8,10-11,14-15H,9H2,1-2H3/t14-,15-/m1/s1. The topological polar surface area (TPSA) is 70.0 Å². The van der Waals surface area contributed by atoms with Crippen LogP contribution < -0.4 is 9.47 Å². The van der Waals surface area contributed by atoms with Gasteiger partial charge < -0.3 is 9.47 Å². The average Bonchev–Trinajstić information content (AvgIpc) is 3.49. The Morgan fingerprint density at radius 3 is 2.52 bits per heavy atom. The maximum Gasteiger partial charge on any atom is 0.319 e. The fourth-order valence-electron chi connectivity index (χ4n) is 3.13. The molecule has 0 aliphatic heterocycles. The minimum atomic E-state index is 0.260. The molecule has 2 aromatic heterocycles. The summed E-state index contributed by atoms with van der Waals surface area (Å²) in [5, 5.41) is 8.41. The zero-order valence-electron chi connectivity index (χ0n) is 14.1. The third-order valence-corrected chi connectivity index (χ3v) is 4.51. The maximum absolute atomic E-state index is 5.35. The van der Waals surface area contributed by atoms with Gasteiger partial charge in [-0.1, -0.05) is 30.3 Å². The van der Waals surface area contributed by atoms with Gasteiger partial charge in [-0.15, -0.1) is 0 Å².